The number of fused-ring (bicyclic) bond motifs is 1. The van der Waals surface area contributed by atoms with Gasteiger partial charge in [0.2, 0.25) is 5.22 Å². The Bertz CT molecular complexity index is 712. The summed E-state index contributed by atoms with van der Waals surface area (Å²) in [7, 11) is 0. The summed E-state index contributed by atoms with van der Waals surface area (Å²) in [6.07, 6.45) is 3.02. The van der Waals surface area contributed by atoms with Gasteiger partial charge >= 0.3 is 5.63 Å². The van der Waals surface area contributed by atoms with Gasteiger partial charge in [-0.05, 0) is 31.2 Å². The molecule has 0 aliphatic carbocycles. The van der Waals surface area contributed by atoms with Crippen molar-refractivity contribution in [3.05, 3.63) is 21.2 Å². The van der Waals surface area contributed by atoms with Crippen molar-refractivity contribution in [1.29, 1.82) is 0 Å². The summed E-state index contributed by atoms with van der Waals surface area (Å²) in [5, 5.41) is 1.16. The Kier molecular flexibility index (Phi) is 3.14. The first kappa shape index (κ1) is 12.7. The average Bonchev–Trinajstić information content (AvgIpc) is 2.33. The van der Waals surface area contributed by atoms with Crippen molar-refractivity contribution in [3.8, 4) is 0 Å². The van der Waals surface area contributed by atoms with E-state index in [0.717, 1.165) is 19.5 Å². The van der Waals surface area contributed by atoms with Gasteiger partial charge in [0.05, 0.1) is 5.52 Å². The van der Waals surface area contributed by atoms with Crippen molar-refractivity contribution >= 4 is 40.1 Å². The Hall–Kier alpha value is -1.27. The molecule has 1 saturated heterocycles. The van der Waals surface area contributed by atoms with Crippen molar-refractivity contribution in [1.82, 2.24) is 9.97 Å². The second-order valence-electron chi connectivity index (χ2n) is 4.39. The van der Waals surface area contributed by atoms with Crippen LogP contribution in [-0.4, -0.2) is 29.3 Å². The zero-order chi connectivity index (χ0) is 13.6. The standard InChI is InChI=1S/C12H12ClN3O2S/c1-6-8-7(11(17)18-9(6)13)10(16-4-3-5-16)15-12(14-8)19-2/h3-5H2,1-2H3. The molecule has 0 amide bonds. The molecular weight excluding hydrogens is 286 g/mol. The number of aryl methyl sites for hydroxylation is 1. The Morgan fingerprint density at radius 1 is 1.37 bits per heavy atom. The third kappa shape index (κ3) is 1.99. The average molecular weight is 298 g/mol. The van der Waals surface area contributed by atoms with Crippen LogP contribution in [0.25, 0.3) is 10.9 Å². The normalized spacial score (nSPS) is 14.8. The first-order chi connectivity index (χ1) is 9.11. The van der Waals surface area contributed by atoms with Crippen molar-refractivity contribution in [2.24, 2.45) is 0 Å². The molecule has 0 N–H and O–H groups in total. The number of halogens is 1. The highest BCUT2D eigenvalue weighted by atomic mass is 35.5. The van der Waals surface area contributed by atoms with Crippen LogP contribution < -0.4 is 10.5 Å². The van der Waals surface area contributed by atoms with Gasteiger partial charge in [0, 0.05) is 18.7 Å². The second-order valence-corrected chi connectivity index (χ2v) is 5.50. The largest absolute Gasteiger partial charge is 0.410 e. The van der Waals surface area contributed by atoms with E-state index in [-0.39, 0.29) is 5.22 Å². The molecular formula is C12H12ClN3O2S. The van der Waals surface area contributed by atoms with Crippen LogP contribution in [0.5, 0.6) is 0 Å². The molecule has 0 saturated carbocycles. The van der Waals surface area contributed by atoms with Gasteiger partial charge in [0.15, 0.2) is 5.16 Å². The summed E-state index contributed by atoms with van der Waals surface area (Å²) in [4.78, 5) is 23.0. The predicted octanol–water partition coefficient (Wildman–Crippen LogP) is 2.48. The molecule has 0 radical (unpaired) electrons. The Morgan fingerprint density at radius 2 is 2.11 bits per heavy atom. The smallest absolute Gasteiger partial charge is 0.350 e. The molecule has 1 aliphatic rings. The zero-order valence-corrected chi connectivity index (χ0v) is 12.1. The summed E-state index contributed by atoms with van der Waals surface area (Å²) >= 11 is 7.37. The summed E-state index contributed by atoms with van der Waals surface area (Å²) in [5.41, 5.74) is 0.790. The van der Waals surface area contributed by atoms with E-state index in [1.54, 1.807) is 6.92 Å². The van der Waals surface area contributed by atoms with Crippen LogP contribution in [-0.2, 0) is 0 Å². The third-order valence-corrected chi connectivity index (χ3v) is 4.15. The molecule has 1 fully saturated rings. The van der Waals surface area contributed by atoms with E-state index >= 15 is 0 Å². The highest BCUT2D eigenvalue weighted by Crippen LogP contribution is 2.30. The SMILES string of the molecule is CSc1nc(N2CCC2)c2c(=O)oc(Cl)c(C)c2n1. The van der Waals surface area contributed by atoms with Gasteiger partial charge in [0.25, 0.3) is 0 Å². The first-order valence-corrected chi connectivity index (χ1v) is 7.52. The predicted molar refractivity (Wildman–Crippen MR) is 76.4 cm³/mol. The molecule has 5 nitrogen and oxygen atoms in total. The van der Waals surface area contributed by atoms with Crippen molar-refractivity contribution in [3.63, 3.8) is 0 Å². The molecule has 19 heavy (non-hydrogen) atoms. The zero-order valence-electron chi connectivity index (χ0n) is 10.6. The Balaban J connectivity index is 2.40. The van der Waals surface area contributed by atoms with Crippen LogP contribution in [0.2, 0.25) is 5.22 Å². The quantitative estimate of drug-likeness (QED) is 0.627. The summed E-state index contributed by atoms with van der Waals surface area (Å²) in [5.74, 6) is 0.661. The highest BCUT2D eigenvalue weighted by Gasteiger charge is 2.24. The summed E-state index contributed by atoms with van der Waals surface area (Å²) in [6, 6.07) is 0. The van der Waals surface area contributed by atoms with Gasteiger partial charge in [-0.3, -0.25) is 0 Å². The topological polar surface area (TPSA) is 59.2 Å². The molecule has 0 spiro atoms. The van der Waals surface area contributed by atoms with Gasteiger partial charge < -0.3 is 9.32 Å². The Labute approximate surface area is 119 Å². The maximum absolute atomic E-state index is 12.1. The number of rotatable bonds is 2. The molecule has 0 unspecified atom stereocenters. The molecule has 3 heterocycles. The molecule has 100 valence electrons. The van der Waals surface area contributed by atoms with Gasteiger partial charge in [-0.1, -0.05) is 11.8 Å². The molecule has 2 aromatic heterocycles. The Morgan fingerprint density at radius 3 is 2.68 bits per heavy atom. The fourth-order valence-corrected chi connectivity index (χ4v) is 2.56. The molecule has 0 atom stereocenters. The minimum atomic E-state index is -0.472. The minimum absolute atomic E-state index is 0.0952. The molecule has 1 aliphatic heterocycles. The van der Waals surface area contributed by atoms with Gasteiger partial charge in [-0.15, -0.1) is 0 Å². The third-order valence-electron chi connectivity index (χ3n) is 3.24. The van der Waals surface area contributed by atoms with Crippen LogP contribution >= 0.6 is 23.4 Å². The number of anilines is 1. The van der Waals surface area contributed by atoms with Crippen molar-refractivity contribution in [2.75, 3.05) is 24.2 Å². The van der Waals surface area contributed by atoms with E-state index in [2.05, 4.69) is 14.9 Å². The second kappa shape index (κ2) is 4.68. The molecule has 2 aromatic rings. The van der Waals surface area contributed by atoms with Crippen LogP contribution in [0.1, 0.15) is 12.0 Å². The van der Waals surface area contributed by atoms with Crippen LogP contribution in [0.3, 0.4) is 0 Å². The fraction of sp³-hybridized carbons (Fsp3) is 0.417. The highest BCUT2D eigenvalue weighted by molar-refractivity contribution is 7.98. The number of nitrogens with zero attached hydrogens (tertiary/aromatic N) is 3. The lowest BCUT2D eigenvalue weighted by molar-refractivity contribution is 0.515. The van der Waals surface area contributed by atoms with E-state index < -0.39 is 5.63 Å². The van der Waals surface area contributed by atoms with Gasteiger partial charge in [-0.25, -0.2) is 14.8 Å². The molecule has 3 rings (SSSR count). The van der Waals surface area contributed by atoms with Crippen molar-refractivity contribution < 1.29 is 4.42 Å². The fourth-order valence-electron chi connectivity index (χ4n) is 2.04. The van der Waals surface area contributed by atoms with Crippen LogP contribution in [0, 0.1) is 6.92 Å². The molecule has 0 aromatic carbocycles. The van der Waals surface area contributed by atoms with Crippen LogP contribution in [0.4, 0.5) is 5.82 Å². The maximum Gasteiger partial charge on any atom is 0.350 e. The van der Waals surface area contributed by atoms with Crippen molar-refractivity contribution in [2.45, 2.75) is 18.5 Å². The molecule has 0 bridgehead atoms. The number of aromatic nitrogens is 2. The van der Waals surface area contributed by atoms with E-state index in [0.29, 0.717) is 27.4 Å². The van der Waals surface area contributed by atoms with Crippen LogP contribution in [0.15, 0.2) is 14.4 Å². The maximum atomic E-state index is 12.1. The van der Waals surface area contributed by atoms with E-state index in [4.69, 9.17) is 16.0 Å². The number of hydrogen-bond donors (Lipinski definition) is 0. The van der Waals surface area contributed by atoms with Gasteiger partial charge in [-0.2, -0.15) is 0 Å². The lowest BCUT2D eigenvalue weighted by Gasteiger charge is -2.32. The van der Waals surface area contributed by atoms with E-state index in [9.17, 15) is 4.79 Å². The van der Waals surface area contributed by atoms with E-state index in [1.165, 1.54) is 11.8 Å². The minimum Gasteiger partial charge on any atom is -0.410 e. The lowest BCUT2D eigenvalue weighted by Crippen LogP contribution is -2.38. The lowest BCUT2D eigenvalue weighted by atomic mass is 10.1. The van der Waals surface area contributed by atoms with E-state index in [1.807, 2.05) is 6.26 Å². The number of thioether (sulfide) groups is 1. The van der Waals surface area contributed by atoms with Gasteiger partial charge in [0.1, 0.15) is 11.2 Å². The molecule has 7 heteroatoms. The summed E-state index contributed by atoms with van der Waals surface area (Å²) in [6.45, 7) is 3.60. The number of hydrogen-bond acceptors (Lipinski definition) is 6. The summed E-state index contributed by atoms with van der Waals surface area (Å²) < 4.78 is 5.05. The monoisotopic (exact) mass is 297 g/mol. The first-order valence-electron chi connectivity index (χ1n) is 5.91.